The topological polar surface area (TPSA) is 106 Å². The molecule has 0 fully saturated rings. The molecule has 4 N–H and O–H groups in total. The summed E-state index contributed by atoms with van der Waals surface area (Å²) in [4.78, 5) is 0. The van der Waals surface area contributed by atoms with Gasteiger partial charge in [0.1, 0.15) is 5.76 Å². The quantitative estimate of drug-likeness (QED) is 0.744. The summed E-state index contributed by atoms with van der Waals surface area (Å²) in [6, 6.07) is 5.71. The molecule has 2 aromatic rings. The number of halogens is 2. The van der Waals surface area contributed by atoms with E-state index in [1.807, 2.05) is 0 Å². The number of nitrogens with two attached hydrogens (primary N) is 1. The summed E-state index contributed by atoms with van der Waals surface area (Å²) in [7, 11) is -3.85. The maximum absolute atomic E-state index is 11.0. The summed E-state index contributed by atoms with van der Waals surface area (Å²) in [5.74, 6) is 0.169. The Labute approximate surface area is 125 Å². The summed E-state index contributed by atoms with van der Waals surface area (Å²) in [5.41, 5.74) is 0.548. The van der Waals surface area contributed by atoms with Gasteiger partial charge in [-0.05, 0) is 24.3 Å². The molecule has 0 aliphatic rings. The standard InChI is InChI=1S/C11H10Cl2N2O4S/c12-8-3-6(4-9(13)11(8)16)15-5-7-1-2-10(19-7)20(14,17)18/h1-4,15-16H,5H2,(H2,14,17,18). The molecule has 0 unspecified atom stereocenters. The van der Waals surface area contributed by atoms with E-state index in [1.54, 1.807) is 0 Å². The lowest BCUT2D eigenvalue weighted by Crippen LogP contribution is -2.10. The minimum absolute atomic E-state index is 0.102. The Bertz CT molecular complexity index is 720. The fraction of sp³-hybridized carbons (Fsp3) is 0.0909. The number of aromatic hydroxyl groups is 1. The Morgan fingerprint density at radius 2 is 1.85 bits per heavy atom. The average Bonchev–Trinajstić information content (AvgIpc) is 2.82. The van der Waals surface area contributed by atoms with Gasteiger partial charge in [-0.1, -0.05) is 23.2 Å². The Kier molecular flexibility index (Phi) is 4.14. The summed E-state index contributed by atoms with van der Waals surface area (Å²) in [5, 5.41) is 17.2. The van der Waals surface area contributed by atoms with Crippen LogP contribution in [-0.2, 0) is 16.6 Å². The fourth-order valence-electron chi connectivity index (χ4n) is 1.46. The molecule has 108 valence electrons. The average molecular weight is 337 g/mol. The number of anilines is 1. The molecule has 0 aliphatic carbocycles. The predicted octanol–water partition coefficient (Wildman–Crippen LogP) is 2.55. The second kappa shape index (κ2) is 5.53. The number of rotatable bonds is 4. The van der Waals surface area contributed by atoms with Gasteiger partial charge in [-0.15, -0.1) is 0 Å². The number of phenols is 1. The molecule has 0 saturated carbocycles. The van der Waals surface area contributed by atoms with Gasteiger partial charge in [-0.2, -0.15) is 0 Å². The second-order valence-corrected chi connectivity index (χ2v) is 6.21. The number of nitrogens with one attached hydrogen (secondary N) is 1. The molecular formula is C11H10Cl2N2O4S. The molecule has 0 aliphatic heterocycles. The molecule has 1 heterocycles. The van der Waals surface area contributed by atoms with Gasteiger partial charge in [0.05, 0.1) is 16.6 Å². The molecule has 0 spiro atoms. The van der Waals surface area contributed by atoms with Crippen LogP contribution in [0, 0.1) is 0 Å². The van der Waals surface area contributed by atoms with E-state index in [1.165, 1.54) is 24.3 Å². The van der Waals surface area contributed by atoms with Gasteiger partial charge >= 0.3 is 0 Å². The molecule has 20 heavy (non-hydrogen) atoms. The maximum Gasteiger partial charge on any atom is 0.271 e. The van der Waals surface area contributed by atoms with E-state index in [9.17, 15) is 13.5 Å². The molecule has 1 aromatic carbocycles. The van der Waals surface area contributed by atoms with E-state index in [0.29, 0.717) is 11.4 Å². The van der Waals surface area contributed by atoms with Gasteiger partial charge < -0.3 is 14.8 Å². The van der Waals surface area contributed by atoms with E-state index in [-0.39, 0.29) is 27.4 Å². The van der Waals surface area contributed by atoms with Crippen molar-refractivity contribution in [1.29, 1.82) is 0 Å². The van der Waals surface area contributed by atoms with Crippen LogP contribution in [0.15, 0.2) is 33.8 Å². The normalized spacial score (nSPS) is 11.6. The van der Waals surface area contributed by atoms with Crippen molar-refractivity contribution in [1.82, 2.24) is 0 Å². The van der Waals surface area contributed by atoms with Crippen LogP contribution < -0.4 is 10.5 Å². The lowest BCUT2D eigenvalue weighted by molar-refractivity contribution is 0.419. The van der Waals surface area contributed by atoms with Crippen molar-refractivity contribution < 1.29 is 17.9 Å². The number of hydrogen-bond donors (Lipinski definition) is 3. The zero-order valence-corrected chi connectivity index (χ0v) is 12.3. The molecule has 0 atom stereocenters. The molecule has 6 nitrogen and oxygen atoms in total. The first-order valence-corrected chi connectivity index (χ1v) is 7.61. The molecule has 0 saturated heterocycles. The highest BCUT2D eigenvalue weighted by molar-refractivity contribution is 7.89. The number of benzene rings is 1. The Balaban J connectivity index is 2.11. The van der Waals surface area contributed by atoms with E-state index in [2.05, 4.69) is 5.32 Å². The van der Waals surface area contributed by atoms with Gasteiger partial charge in [-0.3, -0.25) is 0 Å². The third kappa shape index (κ3) is 3.37. The highest BCUT2D eigenvalue weighted by Crippen LogP contribution is 2.34. The number of sulfonamides is 1. The predicted molar refractivity (Wildman–Crippen MR) is 75.5 cm³/mol. The minimum Gasteiger partial charge on any atom is -0.505 e. The first-order chi connectivity index (χ1) is 9.27. The minimum atomic E-state index is -3.85. The first kappa shape index (κ1) is 15.0. The zero-order valence-electron chi connectivity index (χ0n) is 9.93. The van der Waals surface area contributed by atoms with E-state index in [4.69, 9.17) is 32.8 Å². The largest absolute Gasteiger partial charge is 0.505 e. The highest BCUT2D eigenvalue weighted by Gasteiger charge is 2.13. The van der Waals surface area contributed by atoms with Gasteiger partial charge in [0.15, 0.2) is 5.75 Å². The third-order valence-electron chi connectivity index (χ3n) is 2.40. The van der Waals surface area contributed by atoms with Crippen LogP contribution in [-0.4, -0.2) is 13.5 Å². The van der Waals surface area contributed by atoms with Crippen LogP contribution in [0.1, 0.15) is 5.76 Å². The third-order valence-corrected chi connectivity index (χ3v) is 3.76. The van der Waals surface area contributed by atoms with E-state index < -0.39 is 10.0 Å². The van der Waals surface area contributed by atoms with E-state index in [0.717, 1.165) is 0 Å². The van der Waals surface area contributed by atoms with Crippen LogP contribution in [0.2, 0.25) is 10.0 Å². The fourth-order valence-corrected chi connectivity index (χ4v) is 2.43. The van der Waals surface area contributed by atoms with Crippen LogP contribution in [0.3, 0.4) is 0 Å². The van der Waals surface area contributed by atoms with Crippen molar-refractivity contribution in [2.75, 3.05) is 5.32 Å². The van der Waals surface area contributed by atoms with Gasteiger partial charge in [0.2, 0.25) is 5.09 Å². The molecule has 0 radical (unpaired) electrons. The molecular weight excluding hydrogens is 327 g/mol. The van der Waals surface area contributed by atoms with Crippen LogP contribution >= 0.6 is 23.2 Å². The van der Waals surface area contributed by atoms with Crippen LogP contribution in [0.4, 0.5) is 5.69 Å². The highest BCUT2D eigenvalue weighted by atomic mass is 35.5. The smallest absolute Gasteiger partial charge is 0.271 e. The second-order valence-electron chi connectivity index (χ2n) is 3.91. The number of hydrogen-bond acceptors (Lipinski definition) is 5. The Hall–Kier alpha value is -1.41. The van der Waals surface area contributed by atoms with Crippen molar-refractivity contribution in [2.24, 2.45) is 5.14 Å². The van der Waals surface area contributed by atoms with Crippen LogP contribution in [0.5, 0.6) is 5.75 Å². The lowest BCUT2D eigenvalue weighted by atomic mass is 10.3. The van der Waals surface area contributed by atoms with Crippen molar-refractivity contribution >= 4 is 38.9 Å². The van der Waals surface area contributed by atoms with Gasteiger partial charge in [0.25, 0.3) is 10.0 Å². The Morgan fingerprint density at radius 3 is 2.35 bits per heavy atom. The first-order valence-electron chi connectivity index (χ1n) is 5.31. The van der Waals surface area contributed by atoms with Crippen LogP contribution in [0.25, 0.3) is 0 Å². The lowest BCUT2D eigenvalue weighted by Gasteiger charge is -2.07. The molecule has 0 amide bonds. The number of primary sulfonamides is 1. The zero-order chi connectivity index (χ0) is 14.9. The summed E-state index contributed by atoms with van der Waals surface area (Å²) >= 11 is 11.5. The monoisotopic (exact) mass is 336 g/mol. The maximum atomic E-state index is 11.0. The molecule has 0 bridgehead atoms. The molecule has 1 aromatic heterocycles. The van der Waals surface area contributed by atoms with Crippen molar-refractivity contribution in [2.45, 2.75) is 11.6 Å². The van der Waals surface area contributed by atoms with Crippen molar-refractivity contribution in [3.8, 4) is 5.75 Å². The Morgan fingerprint density at radius 1 is 1.25 bits per heavy atom. The molecule has 9 heteroatoms. The van der Waals surface area contributed by atoms with E-state index >= 15 is 0 Å². The summed E-state index contributed by atoms with van der Waals surface area (Å²) in [6.45, 7) is 0.201. The number of phenolic OH excluding ortho intramolecular Hbond substituents is 1. The van der Waals surface area contributed by atoms with Crippen molar-refractivity contribution in [3.05, 3.63) is 40.1 Å². The number of furan rings is 1. The summed E-state index contributed by atoms with van der Waals surface area (Å²) in [6.07, 6.45) is 0. The van der Waals surface area contributed by atoms with Crippen molar-refractivity contribution in [3.63, 3.8) is 0 Å². The molecule has 2 rings (SSSR count). The SMILES string of the molecule is NS(=O)(=O)c1ccc(CNc2cc(Cl)c(O)c(Cl)c2)o1. The van der Waals surface area contributed by atoms with Gasteiger partial charge in [0, 0.05) is 5.69 Å². The summed E-state index contributed by atoms with van der Waals surface area (Å²) < 4.78 is 27.2. The van der Waals surface area contributed by atoms with Gasteiger partial charge in [-0.25, -0.2) is 13.6 Å².